The van der Waals surface area contributed by atoms with E-state index in [1.165, 1.54) is 0 Å². The molecule has 1 heterocycles. The second-order valence-corrected chi connectivity index (χ2v) is 6.80. The van der Waals surface area contributed by atoms with Crippen LogP contribution in [0.5, 0.6) is 5.75 Å². The number of hydrogen-bond acceptors (Lipinski definition) is 9. The maximum Gasteiger partial charge on any atom is 0.324 e. The van der Waals surface area contributed by atoms with Gasteiger partial charge >= 0.3 is 11.4 Å². The van der Waals surface area contributed by atoms with Crippen LogP contribution in [0.15, 0.2) is 42.5 Å². The molecule has 160 valence electrons. The number of nitrogens with zero attached hydrogens (tertiary/aromatic N) is 4. The third-order valence-electron chi connectivity index (χ3n) is 4.78. The molecule has 12 nitrogen and oxygen atoms in total. The number of aliphatic hydroxyl groups is 1. The van der Waals surface area contributed by atoms with E-state index in [0.717, 1.165) is 31.5 Å². The van der Waals surface area contributed by atoms with Gasteiger partial charge in [-0.05, 0) is 25.5 Å². The number of hydrogen-bond donors (Lipinski definition) is 2. The summed E-state index contributed by atoms with van der Waals surface area (Å²) >= 11 is 0. The highest BCUT2D eigenvalue weighted by molar-refractivity contribution is 5.64. The fraction of sp³-hybridized carbons (Fsp3) is 0.333. The highest BCUT2D eigenvalue weighted by Gasteiger charge is 2.32. The number of aromatic hydroxyl groups is 1. The van der Waals surface area contributed by atoms with Crippen LogP contribution >= 0.6 is 0 Å². The highest BCUT2D eigenvalue weighted by atomic mass is 16.6. The van der Waals surface area contributed by atoms with Crippen LogP contribution in [0.25, 0.3) is 0 Å². The molecule has 0 atom stereocenters. The molecule has 0 radical (unpaired) electrons. The van der Waals surface area contributed by atoms with Gasteiger partial charge in [0.05, 0.1) is 32.5 Å². The minimum absolute atomic E-state index is 0.447. The minimum Gasteiger partial charge on any atom is -0.497 e. The summed E-state index contributed by atoms with van der Waals surface area (Å²) in [5.74, 6) is -1.21. The maximum atomic E-state index is 10.4. The Labute approximate surface area is 170 Å². The normalized spacial score (nSPS) is 15.5. The topological polar surface area (TPSA) is 173 Å². The number of nitro groups is 3. The first-order valence-corrected chi connectivity index (χ1v) is 8.82. The number of phenols is 1. The first-order chi connectivity index (χ1) is 14.0. The molecule has 1 aliphatic heterocycles. The van der Waals surface area contributed by atoms with Crippen molar-refractivity contribution in [2.45, 2.75) is 18.4 Å². The van der Waals surface area contributed by atoms with Crippen LogP contribution in [0, 0.1) is 30.3 Å². The molecule has 2 aromatic rings. The Balaban J connectivity index is 0.000000215. The Bertz CT molecular complexity index is 907. The third kappa shape index (κ3) is 5.24. The summed E-state index contributed by atoms with van der Waals surface area (Å²) in [7, 11) is 2.10. The molecule has 0 aromatic heterocycles. The largest absolute Gasteiger partial charge is 0.497 e. The molecular formula is C18H20N4O8. The smallest absolute Gasteiger partial charge is 0.324 e. The number of rotatable bonds is 4. The van der Waals surface area contributed by atoms with Gasteiger partial charge in [-0.2, -0.15) is 0 Å². The number of nitro benzene ring substituents is 3. The van der Waals surface area contributed by atoms with Crippen molar-refractivity contribution in [3.05, 3.63) is 78.4 Å². The fourth-order valence-corrected chi connectivity index (χ4v) is 3.00. The Kier molecular flexibility index (Phi) is 6.97. The van der Waals surface area contributed by atoms with Crippen molar-refractivity contribution in [3.8, 4) is 5.75 Å². The van der Waals surface area contributed by atoms with Crippen molar-refractivity contribution in [2.24, 2.45) is 0 Å². The Morgan fingerprint density at radius 3 is 1.77 bits per heavy atom. The summed E-state index contributed by atoms with van der Waals surface area (Å²) in [5.41, 5.74) is -2.53. The van der Waals surface area contributed by atoms with Gasteiger partial charge in [-0.15, -0.1) is 0 Å². The van der Waals surface area contributed by atoms with Gasteiger partial charge in [0.25, 0.3) is 11.4 Å². The van der Waals surface area contributed by atoms with Gasteiger partial charge in [0.1, 0.15) is 0 Å². The van der Waals surface area contributed by atoms with Crippen LogP contribution in [0.2, 0.25) is 0 Å². The van der Waals surface area contributed by atoms with Crippen LogP contribution < -0.4 is 0 Å². The molecule has 0 unspecified atom stereocenters. The van der Waals surface area contributed by atoms with E-state index < -0.39 is 43.2 Å². The molecule has 0 bridgehead atoms. The van der Waals surface area contributed by atoms with Crippen molar-refractivity contribution in [1.29, 1.82) is 0 Å². The summed E-state index contributed by atoms with van der Waals surface area (Å²) in [6.45, 7) is 1.96. The maximum absolute atomic E-state index is 10.4. The van der Waals surface area contributed by atoms with E-state index >= 15 is 0 Å². The summed E-state index contributed by atoms with van der Waals surface area (Å²) in [6.07, 6.45) is 1.68. The molecule has 0 aliphatic carbocycles. The van der Waals surface area contributed by atoms with Crippen LogP contribution in [-0.2, 0) is 5.60 Å². The van der Waals surface area contributed by atoms with E-state index in [4.69, 9.17) is 5.11 Å². The van der Waals surface area contributed by atoms with Crippen LogP contribution in [0.1, 0.15) is 18.4 Å². The Hall–Kier alpha value is -3.64. The molecule has 1 aliphatic rings. The summed E-state index contributed by atoms with van der Waals surface area (Å²) in [4.78, 5) is 30.0. The molecular weight excluding hydrogens is 400 g/mol. The van der Waals surface area contributed by atoms with Crippen molar-refractivity contribution in [3.63, 3.8) is 0 Å². The molecule has 0 amide bonds. The van der Waals surface area contributed by atoms with Gasteiger partial charge in [0, 0.05) is 13.1 Å². The quantitative estimate of drug-likeness (QED) is 0.556. The SMILES string of the molecule is CN1CCC(O)(c2ccccc2)CC1.O=[N+]([O-])c1cc([N+](=O)[O-])c(O)c([N+](=O)[O-])c1. The molecule has 2 aromatic carbocycles. The molecule has 12 heteroatoms. The molecule has 0 spiro atoms. The van der Waals surface area contributed by atoms with Crippen molar-refractivity contribution in [2.75, 3.05) is 20.1 Å². The molecule has 0 saturated carbocycles. The van der Waals surface area contributed by atoms with Crippen LogP contribution in [0.4, 0.5) is 17.1 Å². The van der Waals surface area contributed by atoms with Gasteiger partial charge in [-0.3, -0.25) is 30.3 Å². The van der Waals surface area contributed by atoms with Crippen LogP contribution in [0.3, 0.4) is 0 Å². The third-order valence-corrected chi connectivity index (χ3v) is 4.78. The first-order valence-electron chi connectivity index (χ1n) is 8.82. The van der Waals surface area contributed by atoms with Gasteiger partial charge in [-0.25, -0.2) is 0 Å². The van der Waals surface area contributed by atoms with E-state index in [9.17, 15) is 35.4 Å². The highest BCUT2D eigenvalue weighted by Crippen LogP contribution is 2.39. The van der Waals surface area contributed by atoms with Crippen molar-refractivity contribution in [1.82, 2.24) is 4.90 Å². The number of phenolic OH excluding ortho intramolecular Hbond substituents is 1. The van der Waals surface area contributed by atoms with Gasteiger partial charge < -0.3 is 15.1 Å². The summed E-state index contributed by atoms with van der Waals surface area (Å²) in [6, 6.07) is 10.9. The molecule has 1 fully saturated rings. The second-order valence-electron chi connectivity index (χ2n) is 6.80. The number of benzene rings is 2. The van der Waals surface area contributed by atoms with E-state index in [-0.39, 0.29) is 0 Å². The lowest BCUT2D eigenvalue weighted by atomic mass is 9.85. The number of piperidine rings is 1. The first kappa shape index (κ1) is 22.6. The predicted molar refractivity (Wildman–Crippen MR) is 105 cm³/mol. The zero-order valence-corrected chi connectivity index (χ0v) is 16.0. The van der Waals surface area contributed by atoms with E-state index in [2.05, 4.69) is 11.9 Å². The van der Waals surface area contributed by atoms with Crippen molar-refractivity contribution >= 4 is 17.1 Å². The lowest BCUT2D eigenvalue weighted by Gasteiger charge is -2.36. The molecule has 2 N–H and O–H groups in total. The lowest BCUT2D eigenvalue weighted by Crippen LogP contribution is -2.40. The standard InChI is InChI=1S/C12H17NO.C6H3N3O7/c1-13-9-7-12(14,8-10-13)11-5-3-2-4-6-11;10-6-4(8(13)14)1-3(7(11)12)2-5(6)9(15)16/h2-6,14H,7-10H2,1H3;1-2,10H. The summed E-state index contributed by atoms with van der Waals surface area (Å²) < 4.78 is 0. The average molecular weight is 420 g/mol. The van der Waals surface area contributed by atoms with Gasteiger partial charge in [0.15, 0.2) is 0 Å². The Morgan fingerprint density at radius 1 is 0.900 bits per heavy atom. The predicted octanol–water partition coefficient (Wildman–Crippen LogP) is 2.72. The van der Waals surface area contributed by atoms with Gasteiger partial charge in [-0.1, -0.05) is 30.3 Å². The average Bonchev–Trinajstić information content (AvgIpc) is 2.71. The molecule has 30 heavy (non-hydrogen) atoms. The zero-order valence-electron chi connectivity index (χ0n) is 16.0. The monoisotopic (exact) mass is 420 g/mol. The van der Waals surface area contributed by atoms with E-state index in [1.807, 2.05) is 30.3 Å². The zero-order chi connectivity index (χ0) is 22.5. The minimum atomic E-state index is -1.21. The molecule has 1 saturated heterocycles. The fourth-order valence-electron chi connectivity index (χ4n) is 3.00. The van der Waals surface area contributed by atoms with Crippen LogP contribution in [-0.4, -0.2) is 50.0 Å². The van der Waals surface area contributed by atoms with Gasteiger partial charge in [0.2, 0.25) is 0 Å². The lowest BCUT2D eigenvalue weighted by molar-refractivity contribution is -0.404. The van der Waals surface area contributed by atoms with E-state index in [1.54, 1.807) is 0 Å². The number of likely N-dealkylation sites (tertiary alicyclic amines) is 1. The molecule has 3 rings (SSSR count). The Morgan fingerprint density at radius 2 is 1.37 bits per heavy atom. The second kappa shape index (κ2) is 9.24. The van der Waals surface area contributed by atoms with Crippen molar-refractivity contribution < 1.29 is 25.0 Å². The van der Waals surface area contributed by atoms with E-state index in [0.29, 0.717) is 12.1 Å². The summed E-state index contributed by atoms with van der Waals surface area (Å²) in [5, 5.41) is 50.6. The number of non-ortho nitro benzene ring substituents is 1.